The standard InChI is InChI=1S/C21H22ClN3O/c1-3-19-23-20(13-16-9-7-15(8-10-16)11-12-26-2)25-21(24-19)17-5-4-6-18(22)14-17/h4-10,14H,3,11-13H2,1-2H3. The van der Waals surface area contributed by atoms with E-state index < -0.39 is 0 Å². The maximum atomic E-state index is 6.11. The molecule has 3 aromatic rings. The van der Waals surface area contributed by atoms with Crippen molar-refractivity contribution in [1.82, 2.24) is 15.0 Å². The lowest BCUT2D eigenvalue weighted by molar-refractivity contribution is 0.202. The number of methoxy groups -OCH3 is 1. The summed E-state index contributed by atoms with van der Waals surface area (Å²) in [5.41, 5.74) is 3.35. The van der Waals surface area contributed by atoms with E-state index in [0.717, 1.165) is 36.7 Å². The zero-order valence-corrected chi connectivity index (χ0v) is 15.8. The second-order valence-corrected chi connectivity index (χ2v) is 6.53. The normalized spacial score (nSPS) is 10.9. The minimum Gasteiger partial charge on any atom is -0.384 e. The first-order valence-corrected chi connectivity index (χ1v) is 9.12. The molecule has 0 saturated heterocycles. The minimum absolute atomic E-state index is 0.672. The molecule has 0 N–H and O–H groups in total. The zero-order valence-electron chi connectivity index (χ0n) is 15.1. The summed E-state index contributed by atoms with van der Waals surface area (Å²) in [6.07, 6.45) is 2.36. The number of nitrogens with zero attached hydrogens (tertiary/aromatic N) is 3. The van der Waals surface area contributed by atoms with Crippen molar-refractivity contribution >= 4 is 11.6 Å². The molecule has 1 aromatic heterocycles. The quantitative estimate of drug-likeness (QED) is 0.615. The molecule has 0 aliphatic heterocycles. The van der Waals surface area contributed by atoms with Gasteiger partial charge in [-0.25, -0.2) is 15.0 Å². The second kappa shape index (κ2) is 8.88. The van der Waals surface area contributed by atoms with Gasteiger partial charge >= 0.3 is 0 Å². The van der Waals surface area contributed by atoms with Crippen LogP contribution >= 0.6 is 11.6 Å². The van der Waals surface area contributed by atoms with Crippen LogP contribution in [0.5, 0.6) is 0 Å². The molecule has 5 heteroatoms. The van der Waals surface area contributed by atoms with Crippen molar-refractivity contribution in [2.75, 3.05) is 13.7 Å². The lowest BCUT2D eigenvalue weighted by Crippen LogP contribution is -2.05. The van der Waals surface area contributed by atoms with Crippen LogP contribution in [0.15, 0.2) is 48.5 Å². The second-order valence-electron chi connectivity index (χ2n) is 6.09. The van der Waals surface area contributed by atoms with E-state index in [1.807, 2.05) is 31.2 Å². The fourth-order valence-electron chi connectivity index (χ4n) is 2.69. The number of aryl methyl sites for hydroxylation is 1. The summed E-state index contributed by atoms with van der Waals surface area (Å²) in [6, 6.07) is 16.1. The molecule has 0 atom stereocenters. The summed E-state index contributed by atoms with van der Waals surface area (Å²) in [5, 5.41) is 0.675. The highest BCUT2D eigenvalue weighted by Gasteiger charge is 2.09. The summed E-state index contributed by atoms with van der Waals surface area (Å²) in [7, 11) is 1.72. The van der Waals surface area contributed by atoms with E-state index in [0.29, 0.717) is 17.3 Å². The van der Waals surface area contributed by atoms with Gasteiger partial charge in [-0.15, -0.1) is 0 Å². The molecule has 3 rings (SSSR count). The van der Waals surface area contributed by atoms with Gasteiger partial charge in [-0.3, -0.25) is 0 Å². The molecule has 0 radical (unpaired) electrons. The molecule has 26 heavy (non-hydrogen) atoms. The zero-order chi connectivity index (χ0) is 18.4. The maximum Gasteiger partial charge on any atom is 0.163 e. The Morgan fingerprint density at radius 3 is 2.35 bits per heavy atom. The highest BCUT2D eigenvalue weighted by molar-refractivity contribution is 6.30. The van der Waals surface area contributed by atoms with Crippen molar-refractivity contribution in [1.29, 1.82) is 0 Å². The number of hydrogen-bond donors (Lipinski definition) is 0. The van der Waals surface area contributed by atoms with Crippen LogP contribution in [0.2, 0.25) is 5.02 Å². The van der Waals surface area contributed by atoms with Gasteiger partial charge in [-0.05, 0) is 29.7 Å². The molecule has 0 aliphatic rings. The largest absolute Gasteiger partial charge is 0.384 e. The van der Waals surface area contributed by atoms with Crippen LogP contribution in [-0.2, 0) is 24.0 Å². The molecule has 0 saturated carbocycles. The molecule has 0 unspecified atom stereocenters. The van der Waals surface area contributed by atoms with E-state index in [1.165, 1.54) is 11.1 Å². The van der Waals surface area contributed by atoms with Gasteiger partial charge in [0.05, 0.1) is 6.61 Å². The monoisotopic (exact) mass is 367 g/mol. The van der Waals surface area contributed by atoms with E-state index in [9.17, 15) is 0 Å². The van der Waals surface area contributed by atoms with E-state index in [4.69, 9.17) is 16.3 Å². The van der Waals surface area contributed by atoms with Crippen molar-refractivity contribution in [2.45, 2.75) is 26.2 Å². The van der Waals surface area contributed by atoms with Crippen molar-refractivity contribution < 1.29 is 4.74 Å². The van der Waals surface area contributed by atoms with Crippen molar-refractivity contribution in [2.24, 2.45) is 0 Å². The fourth-order valence-corrected chi connectivity index (χ4v) is 2.88. The Balaban J connectivity index is 1.84. The third-order valence-corrected chi connectivity index (χ3v) is 4.34. The van der Waals surface area contributed by atoms with E-state index in [-0.39, 0.29) is 0 Å². The summed E-state index contributed by atoms with van der Waals surface area (Å²) in [5.74, 6) is 2.24. The van der Waals surface area contributed by atoms with Gasteiger partial charge in [0.25, 0.3) is 0 Å². The Bertz CT molecular complexity index is 865. The first-order valence-electron chi connectivity index (χ1n) is 8.74. The van der Waals surface area contributed by atoms with Crippen LogP contribution in [0.4, 0.5) is 0 Å². The van der Waals surface area contributed by atoms with Crippen molar-refractivity contribution in [3.05, 3.63) is 76.3 Å². The summed E-state index contributed by atoms with van der Waals surface area (Å²) in [4.78, 5) is 13.8. The van der Waals surface area contributed by atoms with Crippen LogP contribution < -0.4 is 0 Å². The van der Waals surface area contributed by atoms with E-state index >= 15 is 0 Å². The van der Waals surface area contributed by atoms with Gasteiger partial charge in [-0.1, -0.05) is 54.9 Å². The van der Waals surface area contributed by atoms with Crippen LogP contribution in [0.3, 0.4) is 0 Å². The first kappa shape index (κ1) is 18.5. The molecule has 0 fully saturated rings. The Hall–Kier alpha value is -2.30. The number of halogens is 1. The maximum absolute atomic E-state index is 6.11. The molecule has 0 bridgehead atoms. The minimum atomic E-state index is 0.672. The average molecular weight is 368 g/mol. The van der Waals surface area contributed by atoms with Crippen molar-refractivity contribution in [3.8, 4) is 11.4 Å². The van der Waals surface area contributed by atoms with Crippen LogP contribution in [-0.4, -0.2) is 28.7 Å². The van der Waals surface area contributed by atoms with Gasteiger partial charge in [0.2, 0.25) is 0 Å². The van der Waals surface area contributed by atoms with Gasteiger partial charge in [0.15, 0.2) is 5.82 Å². The highest BCUT2D eigenvalue weighted by atomic mass is 35.5. The lowest BCUT2D eigenvalue weighted by Gasteiger charge is -2.08. The van der Waals surface area contributed by atoms with Crippen molar-refractivity contribution in [3.63, 3.8) is 0 Å². The van der Waals surface area contributed by atoms with Crippen LogP contribution in [0.1, 0.15) is 29.7 Å². The van der Waals surface area contributed by atoms with Gasteiger partial charge in [0, 0.05) is 30.5 Å². The predicted octanol–water partition coefficient (Wildman–Crippen LogP) is 4.53. The van der Waals surface area contributed by atoms with E-state index in [1.54, 1.807) is 7.11 Å². The number of ether oxygens (including phenoxy) is 1. The molecular weight excluding hydrogens is 346 g/mol. The predicted molar refractivity (Wildman–Crippen MR) is 104 cm³/mol. The van der Waals surface area contributed by atoms with E-state index in [2.05, 4.69) is 39.2 Å². The number of hydrogen-bond acceptors (Lipinski definition) is 4. The average Bonchev–Trinajstić information content (AvgIpc) is 2.67. The number of aromatic nitrogens is 3. The Morgan fingerprint density at radius 2 is 1.65 bits per heavy atom. The summed E-state index contributed by atoms with van der Waals surface area (Å²) < 4.78 is 5.12. The first-order chi connectivity index (χ1) is 12.7. The SMILES string of the molecule is CCc1nc(Cc2ccc(CCOC)cc2)nc(-c2cccc(Cl)c2)n1. The van der Waals surface area contributed by atoms with Gasteiger partial charge < -0.3 is 4.74 Å². The van der Waals surface area contributed by atoms with Gasteiger partial charge in [-0.2, -0.15) is 0 Å². The fraction of sp³-hybridized carbons (Fsp3) is 0.286. The molecule has 134 valence electrons. The highest BCUT2D eigenvalue weighted by Crippen LogP contribution is 2.20. The summed E-state index contributed by atoms with van der Waals surface area (Å²) >= 11 is 6.11. The molecule has 0 amide bonds. The third-order valence-electron chi connectivity index (χ3n) is 4.11. The Morgan fingerprint density at radius 1 is 0.923 bits per heavy atom. The topological polar surface area (TPSA) is 47.9 Å². The van der Waals surface area contributed by atoms with Crippen LogP contribution in [0, 0.1) is 0 Å². The number of benzene rings is 2. The molecule has 0 spiro atoms. The Kier molecular flexibility index (Phi) is 6.31. The molecule has 4 nitrogen and oxygen atoms in total. The number of rotatable bonds is 7. The Labute approximate surface area is 159 Å². The smallest absolute Gasteiger partial charge is 0.163 e. The molecular formula is C21H22ClN3O. The lowest BCUT2D eigenvalue weighted by atomic mass is 10.1. The van der Waals surface area contributed by atoms with Gasteiger partial charge in [0.1, 0.15) is 11.6 Å². The summed E-state index contributed by atoms with van der Waals surface area (Å²) in [6.45, 7) is 2.78. The molecule has 2 aromatic carbocycles. The third kappa shape index (κ3) is 4.87. The molecule has 0 aliphatic carbocycles. The van der Waals surface area contributed by atoms with Crippen LogP contribution in [0.25, 0.3) is 11.4 Å². The molecule has 1 heterocycles.